The summed E-state index contributed by atoms with van der Waals surface area (Å²) >= 11 is 0. The molecule has 0 fully saturated rings. The summed E-state index contributed by atoms with van der Waals surface area (Å²) in [6.07, 6.45) is 1.66. The molecule has 1 aliphatic rings. The van der Waals surface area contributed by atoms with Gasteiger partial charge in [-0.3, -0.25) is 9.59 Å². The van der Waals surface area contributed by atoms with Gasteiger partial charge in [0.05, 0.1) is 11.3 Å². The van der Waals surface area contributed by atoms with Crippen LogP contribution in [0.1, 0.15) is 63.5 Å². The van der Waals surface area contributed by atoms with Crippen molar-refractivity contribution in [2.75, 3.05) is 19.7 Å². The SMILES string of the molecule is CCCC(CNC(=O)C(CC)(CC)CNC(=O)OCC1c2ccccc2-c2ccccc21)C(=O)O. The fraction of sp³-hybridized carbons (Fsp3) is 0.464. The minimum atomic E-state index is -0.914. The number of nitrogens with one attached hydrogen (secondary N) is 2. The fourth-order valence-electron chi connectivity index (χ4n) is 4.86. The highest BCUT2D eigenvalue weighted by atomic mass is 16.5. The summed E-state index contributed by atoms with van der Waals surface area (Å²) in [6, 6.07) is 16.3. The van der Waals surface area contributed by atoms with Crippen LogP contribution in [0.15, 0.2) is 48.5 Å². The summed E-state index contributed by atoms with van der Waals surface area (Å²) in [5, 5.41) is 14.9. The monoisotopic (exact) mass is 480 g/mol. The van der Waals surface area contributed by atoms with Gasteiger partial charge in [-0.05, 0) is 41.5 Å². The van der Waals surface area contributed by atoms with E-state index in [2.05, 4.69) is 34.9 Å². The van der Waals surface area contributed by atoms with E-state index in [0.29, 0.717) is 19.3 Å². The van der Waals surface area contributed by atoms with Gasteiger partial charge in [0.1, 0.15) is 6.61 Å². The van der Waals surface area contributed by atoms with Crippen LogP contribution in [0.25, 0.3) is 11.1 Å². The van der Waals surface area contributed by atoms with Crippen LogP contribution in [0.5, 0.6) is 0 Å². The highest BCUT2D eigenvalue weighted by Gasteiger charge is 2.36. The molecule has 1 atom stereocenters. The van der Waals surface area contributed by atoms with Crippen LogP contribution in [0.4, 0.5) is 4.79 Å². The lowest BCUT2D eigenvalue weighted by molar-refractivity contribution is -0.142. The van der Waals surface area contributed by atoms with E-state index in [1.165, 1.54) is 0 Å². The number of amides is 2. The molecule has 35 heavy (non-hydrogen) atoms. The molecule has 0 bridgehead atoms. The van der Waals surface area contributed by atoms with E-state index in [4.69, 9.17) is 4.74 Å². The second kappa shape index (κ2) is 11.9. The Morgan fingerprint density at radius 2 is 1.51 bits per heavy atom. The minimum Gasteiger partial charge on any atom is -0.481 e. The maximum atomic E-state index is 13.0. The van der Waals surface area contributed by atoms with Crippen molar-refractivity contribution >= 4 is 18.0 Å². The number of hydrogen-bond acceptors (Lipinski definition) is 4. The van der Waals surface area contributed by atoms with Gasteiger partial charge in [0.15, 0.2) is 0 Å². The first-order valence-corrected chi connectivity index (χ1v) is 12.5. The van der Waals surface area contributed by atoms with Gasteiger partial charge in [-0.25, -0.2) is 4.79 Å². The summed E-state index contributed by atoms with van der Waals surface area (Å²) in [7, 11) is 0. The normalized spacial score (nSPS) is 13.5. The first kappa shape index (κ1) is 26.3. The Kier molecular flexibility index (Phi) is 8.90. The Morgan fingerprint density at radius 3 is 2.03 bits per heavy atom. The molecule has 0 spiro atoms. The molecule has 0 saturated heterocycles. The predicted molar refractivity (Wildman–Crippen MR) is 135 cm³/mol. The van der Waals surface area contributed by atoms with E-state index in [1.54, 1.807) is 0 Å². The highest BCUT2D eigenvalue weighted by molar-refractivity contribution is 5.84. The van der Waals surface area contributed by atoms with Crippen LogP contribution in [0.2, 0.25) is 0 Å². The van der Waals surface area contributed by atoms with Crippen LogP contribution in [0.3, 0.4) is 0 Å². The zero-order valence-electron chi connectivity index (χ0n) is 20.8. The molecule has 2 amide bonds. The lowest BCUT2D eigenvalue weighted by atomic mass is 9.81. The Morgan fingerprint density at radius 1 is 0.943 bits per heavy atom. The molecule has 3 rings (SSSR count). The molecule has 188 valence electrons. The third-order valence-corrected chi connectivity index (χ3v) is 7.25. The number of alkyl carbamates (subject to hydrolysis) is 1. The van der Waals surface area contributed by atoms with Crippen molar-refractivity contribution in [2.45, 2.75) is 52.4 Å². The second-order valence-electron chi connectivity index (χ2n) is 9.20. The minimum absolute atomic E-state index is 0.0370. The molecule has 2 aromatic rings. The van der Waals surface area contributed by atoms with Crippen molar-refractivity contribution < 1.29 is 24.2 Å². The van der Waals surface area contributed by atoms with Crippen LogP contribution in [-0.2, 0) is 14.3 Å². The molecule has 7 nitrogen and oxygen atoms in total. The topological polar surface area (TPSA) is 105 Å². The Labute approximate surface area is 207 Å². The summed E-state index contributed by atoms with van der Waals surface area (Å²) < 4.78 is 5.61. The van der Waals surface area contributed by atoms with E-state index >= 15 is 0 Å². The molecule has 2 aromatic carbocycles. The van der Waals surface area contributed by atoms with Crippen molar-refractivity contribution in [1.82, 2.24) is 10.6 Å². The quantitative estimate of drug-likeness (QED) is 0.399. The van der Waals surface area contributed by atoms with Crippen molar-refractivity contribution in [1.29, 1.82) is 0 Å². The summed E-state index contributed by atoms with van der Waals surface area (Å²) in [4.78, 5) is 37.1. The van der Waals surface area contributed by atoms with Gasteiger partial charge in [0.25, 0.3) is 0 Å². The van der Waals surface area contributed by atoms with E-state index in [9.17, 15) is 19.5 Å². The van der Waals surface area contributed by atoms with Crippen molar-refractivity contribution in [3.05, 3.63) is 59.7 Å². The smallest absolute Gasteiger partial charge is 0.407 e. The van der Waals surface area contributed by atoms with Gasteiger partial charge >= 0.3 is 12.1 Å². The summed E-state index contributed by atoms with van der Waals surface area (Å²) in [6.45, 7) is 6.10. The number of carboxylic acids is 1. The highest BCUT2D eigenvalue weighted by Crippen LogP contribution is 2.44. The molecule has 0 heterocycles. The number of ether oxygens (including phenoxy) is 1. The predicted octanol–water partition coefficient (Wildman–Crippen LogP) is 4.95. The molecule has 0 aliphatic heterocycles. The molecule has 1 unspecified atom stereocenters. The number of rotatable bonds is 12. The molecule has 1 aliphatic carbocycles. The first-order valence-electron chi connectivity index (χ1n) is 12.5. The zero-order chi connectivity index (χ0) is 25.4. The van der Waals surface area contributed by atoms with Gasteiger partial charge in [0.2, 0.25) is 5.91 Å². The third kappa shape index (κ3) is 5.84. The van der Waals surface area contributed by atoms with Crippen molar-refractivity contribution in [2.24, 2.45) is 11.3 Å². The third-order valence-electron chi connectivity index (χ3n) is 7.25. The summed E-state index contributed by atoms with van der Waals surface area (Å²) in [5.74, 6) is -1.82. The average Bonchev–Trinajstić information content (AvgIpc) is 3.19. The molecule has 0 saturated carbocycles. The number of benzene rings is 2. The number of carboxylic acid groups (broad SMARTS) is 1. The van der Waals surface area contributed by atoms with E-state index in [0.717, 1.165) is 28.7 Å². The van der Waals surface area contributed by atoms with Crippen LogP contribution < -0.4 is 10.6 Å². The van der Waals surface area contributed by atoms with Gasteiger partial charge in [-0.2, -0.15) is 0 Å². The number of fused-ring (bicyclic) bond motifs is 3. The van der Waals surface area contributed by atoms with Crippen molar-refractivity contribution in [3.8, 4) is 11.1 Å². The van der Waals surface area contributed by atoms with Gasteiger partial charge < -0.3 is 20.5 Å². The maximum Gasteiger partial charge on any atom is 0.407 e. The molecule has 7 heteroatoms. The van der Waals surface area contributed by atoms with Gasteiger partial charge in [-0.15, -0.1) is 0 Å². The number of hydrogen-bond donors (Lipinski definition) is 3. The average molecular weight is 481 g/mol. The van der Waals surface area contributed by atoms with Crippen LogP contribution in [0, 0.1) is 11.3 Å². The number of carbonyl (C=O) groups is 3. The Balaban J connectivity index is 1.59. The van der Waals surface area contributed by atoms with E-state index in [-0.39, 0.29) is 31.5 Å². The Hall–Kier alpha value is -3.35. The fourth-order valence-corrected chi connectivity index (χ4v) is 4.86. The van der Waals surface area contributed by atoms with Gasteiger partial charge in [0, 0.05) is 19.0 Å². The van der Waals surface area contributed by atoms with E-state index < -0.39 is 23.4 Å². The summed E-state index contributed by atoms with van der Waals surface area (Å²) in [5.41, 5.74) is 3.76. The number of carbonyl (C=O) groups excluding carboxylic acids is 2. The Bertz CT molecular complexity index is 1000. The molecular weight excluding hydrogens is 444 g/mol. The largest absolute Gasteiger partial charge is 0.481 e. The molecule has 0 radical (unpaired) electrons. The molecule has 0 aromatic heterocycles. The number of aliphatic carboxylic acids is 1. The molecule has 3 N–H and O–H groups in total. The standard InChI is InChI=1S/C28H36N2O5/c1-4-11-19(25(31)32)16-29-26(33)28(5-2,6-3)18-30-27(34)35-17-24-22-14-9-7-12-20(22)21-13-8-10-15-23(21)24/h7-10,12-15,19,24H,4-6,11,16-18H2,1-3H3,(H,29,33)(H,30,34)(H,31,32). The van der Waals surface area contributed by atoms with Crippen LogP contribution in [-0.4, -0.2) is 42.8 Å². The van der Waals surface area contributed by atoms with Gasteiger partial charge in [-0.1, -0.05) is 75.7 Å². The zero-order valence-corrected chi connectivity index (χ0v) is 20.8. The maximum absolute atomic E-state index is 13.0. The second-order valence-corrected chi connectivity index (χ2v) is 9.20. The first-order chi connectivity index (χ1) is 16.9. The molecular formula is C28H36N2O5. The van der Waals surface area contributed by atoms with Crippen molar-refractivity contribution in [3.63, 3.8) is 0 Å². The lowest BCUT2D eigenvalue weighted by Gasteiger charge is -2.31. The van der Waals surface area contributed by atoms with Crippen LogP contribution >= 0.6 is 0 Å². The van der Waals surface area contributed by atoms with E-state index in [1.807, 2.05) is 45.0 Å². The lowest BCUT2D eigenvalue weighted by Crippen LogP contribution is -2.49.